The van der Waals surface area contributed by atoms with Crippen LogP contribution in [0.5, 0.6) is 11.8 Å². The molecule has 3 aromatic carbocycles. The number of nitrogens with zero attached hydrogens (tertiary/aromatic N) is 8. The fourth-order valence-electron chi connectivity index (χ4n) is 5.79. The zero-order valence-corrected chi connectivity index (χ0v) is 31.9. The number of hydrogen-bond donors (Lipinski definition) is 0. The van der Waals surface area contributed by atoms with Crippen LogP contribution in [-0.4, -0.2) is 38.5 Å². The van der Waals surface area contributed by atoms with Crippen molar-refractivity contribution in [2.45, 2.75) is 25.5 Å². The summed E-state index contributed by atoms with van der Waals surface area (Å²) in [6.07, 6.45) is -6.74. The Morgan fingerprint density at radius 3 is 1.89 bits per heavy atom. The molecule has 6 aromatic rings. The molecule has 2 aliphatic heterocycles. The number of rotatable bonds is 5. The molecule has 0 spiro atoms. The fourth-order valence-corrected chi connectivity index (χ4v) is 5.79. The smallest absolute Gasteiger partial charge is 0.431 e. The third kappa shape index (κ3) is 8.83. The number of benzene rings is 3. The van der Waals surface area contributed by atoms with E-state index in [9.17, 15) is 39.5 Å². The molecule has 0 unspecified atom stereocenters. The van der Waals surface area contributed by atoms with Crippen molar-refractivity contribution in [3.05, 3.63) is 139 Å². The van der Waals surface area contributed by atoms with E-state index in [0.717, 1.165) is 29.8 Å². The molecule has 19 heteroatoms. The first kappa shape index (κ1) is 41.0. The molecule has 8 rings (SSSR count). The van der Waals surface area contributed by atoms with Crippen molar-refractivity contribution in [2.75, 3.05) is 23.9 Å². The molecule has 0 saturated carbocycles. The number of fused-ring (bicyclic) bond motifs is 3. The van der Waals surface area contributed by atoms with E-state index in [2.05, 4.69) is 27.3 Å². The third-order valence-electron chi connectivity index (χ3n) is 8.37. The summed E-state index contributed by atoms with van der Waals surface area (Å²) >= 11 is 0. The van der Waals surface area contributed by atoms with Gasteiger partial charge in [0.1, 0.15) is 11.5 Å². The minimum Gasteiger partial charge on any atom is -0.544 e. The molecular weight excluding hydrogens is 948 g/mol. The Morgan fingerprint density at radius 1 is 0.719 bits per heavy atom. The Bertz CT molecular complexity index is 2430. The molecule has 1 radical (unpaired) electrons. The predicted octanol–water partition coefficient (Wildman–Crippen LogP) is 9.66. The van der Waals surface area contributed by atoms with Crippen molar-refractivity contribution < 1.29 is 64.4 Å². The van der Waals surface area contributed by atoms with Crippen molar-refractivity contribution in [1.29, 1.82) is 0 Å². The molecule has 0 fully saturated rings. The van der Waals surface area contributed by atoms with Crippen LogP contribution in [0.2, 0.25) is 0 Å². The van der Waals surface area contributed by atoms with Crippen LogP contribution < -0.4 is 19.6 Å². The van der Waals surface area contributed by atoms with Crippen molar-refractivity contribution in [3.63, 3.8) is 0 Å². The Morgan fingerprint density at radius 2 is 1.35 bits per heavy atom. The summed E-state index contributed by atoms with van der Waals surface area (Å²) in [7, 11) is 3.61. The van der Waals surface area contributed by atoms with Gasteiger partial charge < -0.3 is 39.1 Å². The second-order valence-electron chi connectivity index (χ2n) is 12.6. The number of aryl methyl sites for hydroxylation is 1. The Hall–Kier alpha value is -5.68. The van der Waals surface area contributed by atoms with Gasteiger partial charge in [-0.25, -0.2) is 0 Å². The maximum atomic E-state index is 13.3. The number of halogens is 9. The van der Waals surface area contributed by atoms with Crippen LogP contribution in [0.4, 0.5) is 50.9 Å². The summed E-state index contributed by atoms with van der Waals surface area (Å²) in [5, 5.41) is 7.31. The average molecular weight is 974 g/mol. The van der Waals surface area contributed by atoms with Crippen LogP contribution in [0.1, 0.15) is 22.4 Å². The number of ether oxygens (including phenoxy) is 1. The second kappa shape index (κ2) is 15.3. The van der Waals surface area contributed by atoms with E-state index < -0.39 is 41.2 Å². The van der Waals surface area contributed by atoms with Gasteiger partial charge in [-0.15, -0.1) is 35.0 Å². The van der Waals surface area contributed by atoms with Gasteiger partial charge in [-0.3, -0.25) is 0 Å². The SMILES string of the molecule is CN1C=CN(c2[c-]c(N3C=CN(C)[CH-]3)cc(C(F)(F)F)c2)[CH-]1.Cc1ccc2c(c1)c1cc(C(F)(F)F)c[c-]c1n2-c1cccc(Oc2cc(C(F)(F)F)n[n-]2)n1.[Ir]. The number of aromatic nitrogens is 4. The third-order valence-corrected chi connectivity index (χ3v) is 8.37. The Labute approximate surface area is 332 Å². The van der Waals surface area contributed by atoms with Crippen LogP contribution in [0.25, 0.3) is 27.6 Å². The normalized spacial score (nSPS) is 14.5. The molecular formula is C38H26F9IrN8O-5. The monoisotopic (exact) mass is 974 g/mol. The molecule has 9 nitrogen and oxygen atoms in total. The van der Waals surface area contributed by atoms with E-state index in [4.69, 9.17) is 4.74 Å². The van der Waals surface area contributed by atoms with E-state index in [0.29, 0.717) is 39.2 Å². The van der Waals surface area contributed by atoms with E-state index in [1.54, 1.807) is 107 Å². The topological polar surface area (TPSA) is 67.0 Å². The maximum absolute atomic E-state index is 13.3. The first-order valence-electron chi connectivity index (χ1n) is 16.3. The standard InChI is InChI=1S/C23H12F6N4O.C15H14F3N4.Ir/c1-12-5-7-16-14(9-12)15-10-13(22(24,25)26)6-8-17(15)33(16)19-3-2-4-20(30-19)34-21-11-18(31-32-21)23(27,28)29;1-19-3-5-21(10-19)13-7-12(15(16,17)18)8-14(9-13)22-6-4-20(2)11-22;/h2-7,9-11H,1H3;3-8,10-11H,1-2H3;/q-2;-3;. The van der Waals surface area contributed by atoms with E-state index in [1.807, 2.05) is 6.92 Å². The van der Waals surface area contributed by atoms with Crippen LogP contribution >= 0.6 is 0 Å². The molecule has 0 bridgehead atoms. The quantitative estimate of drug-likeness (QED) is 0.125. The van der Waals surface area contributed by atoms with E-state index >= 15 is 0 Å². The molecule has 0 amide bonds. The first-order valence-corrected chi connectivity index (χ1v) is 16.3. The van der Waals surface area contributed by atoms with Gasteiger partial charge in [0.25, 0.3) is 0 Å². The molecule has 301 valence electrons. The van der Waals surface area contributed by atoms with Crippen molar-refractivity contribution in [2.24, 2.45) is 0 Å². The molecule has 3 aromatic heterocycles. The summed E-state index contributed by atoms with van der Waals surface area (Å²) in [4.78, 5) is 11.0. The van der Waals surface area contributed by atoms with Gasteiger partial charge in [0, 0.05) is 37.6 Å². The number of pyridine rings is 1. The molecule has 2 aliphatic rings. The zero-order valence-electron chi connectivity index (χ0n) is 29.5. The fraction of sp³-hybridized carbons (Fsp3) is 0.158. The van der Waals surface area contributed by atoms with Crippen LogP contribution in [0.3, 0.4) is 0 Å². The molecule has 0 atom stereocenters. The second-order valence-corrected chi connectivity index (χ2v) is 12.6. The van der Waals surface area contributed by atoms with Crippen LogP contribution in [0.15, 0.2) is 91.5 Å². The summed E-state index contributed by atoms with van der Waals surface area (Å²) in [6.45, 7) is 5.19. The number of anilines is 2. The van der Waals surface area contributed by atoms with Gasteiger partial charge in [-0.05, 0) is 69.4 Å². The van der Waals surface area contributed by atoms with Crippen molar-refractivity contribution in [3.8, 4) is 17.6 Å². The minimum atomic E-state index is -4.67. The molecule has 0 saturated heterocycles. The number of alkyl halides is 9. The molecule has 0 N–H and O–H groups in total. The Kier molecular flexibility index (Phi) is 11.0. The van der Waals surface area contributed by atoms with E-state index in [-0.39, 0.29) is 31.8 Å². The summed E-state index contributed by atoms with van der Waals surface area (Å²) in [6, 6.07) is 20.3. The van der Waals surface area contributed by atoms with Gasteiger partial charge >= 0.3 is 18.5 Å². The van der Waals surface area contributed by atoms with Gasteiger partial charge in [-0.2, -0.15) is 76.0 Å². The van der Waals surface area contributed by atoms with Gasteiger partial charge in [-0.1, -0.05) is 40.4 Å². The average Bonchev–Trinajstić information content (AvgIpc) is 3.94. The first-order chi connectivity index (χ1) is 26.3. The van der Waals surface area contributed by atoms with Crippen LogP contribution in [-0.2, 0) is 38.6 Å². The summed E-state index contributed by atoms with van der Waals surface area (Å²) in [5.74, 6) is -0.190. The maximum Gasteiger partial charge on any atom is 0.431 e. The predicted molar refractivity (Wildman–Crippen MR) is 187 cm³/mol. The van der Waals surface area contributed by atoms with Crippen molar-refractivity contribution in [1.82, 2.24) is 29.5 Å². The summed E-state index contributed by atoms with van der Waals surface area (Å²) in [5.41, 5.74) is -0.289. The largest absolute Gasteiger partial charge is 0.544 e. The Balaban J connectivity index is 0.000000207. The van der Waals surface area contributed by atoms with Gasteiger partial charge in [0.2, 0.25) is 5.88 Å². The van der Waals surface area contributed by atoms with Crippen molar-refractivity contribution >= 4 is 33.2 Å². The van der Waals surface area contributed by atoms with E-state index in [1.165, 1.54) is 6.07 Å². The zero-order chi connectivity index (χ0) is 40.2. The summed E-state index contributed by atoms with van der Waals surface area (Å²) < 4.78 is 125. The molecule has 57 heavy (non-hydrogen) atoms. The minimum absolute atomic E-state index is 0. The van der Waals surface area contributed by atoms with Gasteiger partial charge in [0.15, 0.2) is 0 Å². The number of hydrogen-bond acceptors (Lipinski definition) is 7. The van der Waals surface area contributed by atoms with Gasteiger partial charge in [0.05, 0.1) is 0 Å². The molecule has 5 heterocycles. The van der Waals surface area contributed by atoms with Crippen LogP contribution in [0, 0.1) is 32.4 Å². The molecule has 0 aliphatic carbocycles.